The fraction of sp³-hybridized carbons (Fsp3) is 0.207. The van der Waals surface area contributed by atoms with E-state index in [1.165, 1.54) is 19.1 Å². The third kappa shape index (κ3) is 5.73. The van der Waals surface area contributed by atoms with Crippen LogP contribution in [0.3, 0.4) is 0 Å². The number of aromatic nitrogens is 2. The molecule has 0 bridgehead atoms. The Balaban J connectivity index is 1.30. The second-order valence-corrected chi connectivity index (χ2v) is 8.86. The van der Waals surface area contributed by atoms with E-state index in [-0.39, 0.29) is 5.56 Å². The summed E-state index contributed by atoms with van der Waals surface area (Å²) >= 11 is 0. The highest BCUT2D eigenvalue weighted by atomic mass is 19.1. The summed E-state index contributed by atoms with van der Waals surface area (Å²) in [5, 5.41) is 7.34. The van der Waals surface area contributed by atoms with E-state index < -0.39 is 23.8 Å². The topological polar surface area (TPSA) is 85.7 Å². The molecule has 0 saturated carbocycles. The van der Waals surface area contributed by atoms with E-state index in [1.54, 1.807) is 23.0 Å². The van der Waals surface area contributed by atoms with E-state index in [4.69, 9.17) is 9.47 Å². The van der Waals surface area contributed by atoms with Crippen LogP contribution in [0.15, 0.2) is 85.1 Å². The number of carbonyl (C=O) groups excluding carboxylic acids is 2. The number of para-hydroxylation sites is 1. The molecule has 5 rings (SSSR count). The number of halogens is 1. The highest BCUT2D eigenvalue weighted by Crippen LogP contribution is 2.25. The molecule has 1 aliphatic rings. The van der Waals surface area contributed by atoms with Crippen molar-refractivity contribution < 1.29 is 23.5 Å². The highest BCUT2D eigenvalue weighted by molar-refractivity contribution is 6.00. The Morgan fingerprint density at radius 1 is 0.947 bits per heavy atom. The third-order valence-electron chi connectivity index (χ3n) is 6.24. The number of rotatable bonds is 7. The van der Waals surface area contributed by atoms with Gasteiger partial charge in [0.05, 0.1) is 18.9 Å². The number of morpholine rings is 1. The van der Waals surface area contributed by atoms with Crippen molar-refractivity contribution in [3.05, 3.63) is 96.4 Å². The first kappa shape index (κ1) is 25.2. The van der Waals surface area contributed by atoms with Crippen molar-refractivity contribution in [2.75, 3.05) is 36.5 Å². The van der Waals surface area contributed by atoms with Gasteiger partial charge in [0, 0.05) is 36.2 Å². The second kappa shape index (κ2) is 11.3. The summed E-state index contributed by atoms with van der Waals surface area (Å²) in [6.45, 7) is 4.52. The molecule has 1 aromatic heterocycles. The quantitative estimate of drug-likeness (QED) is 0.360. The molecular formula is C29H27FN4O4. The summed E-state index contributed by atoms with van der Waals surface area (Å²) in [6.07, 6.45) is 0.480. The summed E-state index contributed by atoms with van der Waals surface area (Å²) in [5.74, 6) is -1.57. The van der Waals surface area contributed by atoms with Crippen LogP contribution in [0.4, 0.5) is 15.8 Å². The van der Waals surface area contributed by atoms with Gasteiger partial charge < -0.3 is 19.7 Å². The van der Waals surface area contributed by atoms with Crippen molar-refractivity contribution >= 4 is 23.3 Å². The average molecular weight is 515 g/mol. The van der Waals surface area contributed by atoms with Crippen molar-refractivity contribution in [1.82, 2.24) is 9.78 Å². The van der Waals surface area contributed by atoms with Crippen LogP contribution in [-0.2, 0) is 14.3 Å². The largest absolute Gasteiger partial charge is 0.449 e. The van der Waals surface area contributed by atoms with Crippen molar-refractivity contribution in [3.63, 3.8) is 0 Å². The molecule has 1 amide bonds. The van der Waals surface area contributed by atoms with Gasteiger partial charge in [0.15, 0.2) is 6.10 Å². The lowest BCUT2D eigenvalue weighted by molar-refractivity contribution is -0.123. The van der Waals surface area contributed by atoms with Crippen LogP contribution >= 0.6 is 0 Å². The molecule has 1 unspecified atom stereocenters. The number of nitrogens with zero attached hydrogens (tertiary/aromatic N) is 3. The summed E-state index contributed by atoms with van der Waals surface area (Å²) in [6, 6.07) is 22.4. The predicted molar refractivity (Wildman–Crippen MR) is 142 cm³/mol. The van der Waals surface area contributed by atoms with E-state index in [0.717, 1.165) is 24.5 Å². The number of amides is 1. The van der Waals surface area contributed by atoms with E-state index >= 15 is 0 Å². The Hall–Kier alpha value is -4.50. The van der Waals surface area contributed by atoms with Crippen LogP contribution in [0.5, 0.6) is 0 Å². The molecule has 8 nitrogen and oxygen atoms in total. The molecule has 194 valence electrons. The fourth-order valence-corrected chi connectivity index (χ4v) is 4.16. The Morgan fingerprint density at radius 3 is 2.32 bits per heavy atom. The second-order valence-electron chi connectivity index (χ2n) is 8.86. The van der Waals surface area contributed by atoms with Gasteiger partial charge in [0.1, 0.15) is 17.1 Å². The van der Waals surface area contributed by atoms with Gasteiger partial charge in [-0.05, 0) is 67.6 Å². The monoisotopic (exact) mass is 514 g/mol. The van der Waals surface area contributed by atoms with Crippen LogP contribution in [0.1, 0.15) is 17.3 Å². The van der Waals surface area contributed by atoms with Gasteiger partial charge in [-0.3, -0.25) is 4.79 Å². The molecule has 4 aromatic rings. The zero-order chi connectivity index (χ0) is 26.5. The molecule has 1 atom stereocenters. The third-order valence-corrected chi connectivity index (χ3v) is 6.24. The minimum absolute atomic E-state index is 0.162. The zero-order valence-electron chi connectivity index (χ0n) is 20.8. The molecule has 1 aliphatic heterocycles. The van der Waals surface area contributed by atoms with Crippen molar-refractivity contribution in [2.45, 2.75) is 13.0 Å². The minimum atomic E-state index is -1.07. The fourth-order valence-electron chi connectivity index (χ4n) is 4.16. The van der Waals surface area contributed by atoms with Gasteiger partial charge in [-0.1, -0.05) is 18.2 Å². The molecular weight excluding hydrogens is 487 g/mol. The highest BCUT2D eigenvalue weighted by Gasteiger charge is 2.25. The van der Waals surface area contributed by atoms with Crippen LogP contribution < -0.4 is 10.2 Å². The van der Waals surface area contributed by atoms with Gasteiger partial charge in [-0.2, -0.15) is 5.10 Å². The van der Waals surface area contributed by atoms with Gasteiger partial charge in [0.25, 0.3) is 5.91 Å². The summed E-state index contributed by atoms with van der Waals surface area (Å²) < 4.78 is 26.0. The SMILES string of the molecule is CC(OC(=O)c1cn(-c2ccccc2)nc1-c1ccc(F)cc1)C(=O)Nc1ccc(N2CCOCC2)cc1. The smallest absolute Gasteiger partial charge is 0.342 e. The number of carbonyl (C=O) groups is 2. The molecule has 1 saturated heterocycles. The van der Waals surface area contributed by atoms with Gasteiger partial charge in [0.2, 0.25) is 0 Å². The Morgan fingerprint density at radius 2 is 1.63 bits per heavy atom. The maximum absolute atomic E-state index is 13.5. The average Bonchev–Trinajstić information content (AvgIpc) is 3.41. The lowest BCUT2D eigenvalue weighted by atomic mass is 10.1. The molecule has 9 heteroatoms. The molecule has 0 radical (unpaired) electrons. The minimum Gasteiger partial charge on any atom is -0.449 e. The van der Waals surface area contributed by atoms with Gasteiger partial charge >= 0.3 is 5.97 Å². The first-order valence-corrected chi connectivity index (χ1v) is 12.3. The van der Waals surface area contributed by atoms with Gasteiger partial charge in [-0.15, -0.1) is 0 Å². The van der Waals surface area contributed by atoms with Crippen LogP contribution in [0.25, 0.3) is 16.9 Å². The predicted octanol–water partition coefficient (Wildman–Crippen LogP) is 4.70. The van der Waals surface area contributed by atoms with E-state index in [1.807, 2.05) is 54.6 Å². The number of nitrogens with one attached hydrogen (secondary N) is 1. The lowest BCUT2D eigenvalue weighted by Crippen LogP contribution is -2.36. The first-order valence-electron chi connectivity index (χ1n) is 12.3. The van der Waals surface area contributed by atoms with E-state index in [0.29, 0.717) is 30.2 Å². The van der Waals surface area contributed by atoms with Crippen LogP contribution in [0.2, 0.25) is 0 Å². The molecule has 3 aromatic carbocycles. The number of esters is 1. The lowest BCUT2D eigenvalue weighted by Gasteiger charge is -2.28. The molecule has 0 aliphatic carbocycles. The maximum Gasteiger partial charge on any atom is 0.342 e. The molecule has 2 heterocycles. The normalized spacial score (nSPS) is 14.1. The Kier molecular flexibility index (Phi) is 7.46. The number of hydrogen-bond acceptors (Lipinski definition) is 6. The number of benzene rings is 3. The first-order chi connectivity index (χ1) is 18.5. The van der Waals surface area contributed by atoms with E-state index in [2.05, 4.69) is 15.3 Å². The van der Waals surface area contributed by atoms with Gasteiger partial charge in [-0.25, -0.2) is 13.9 Å². The van der Waals surface area contributed by atoms with Crippen molar-refractivity contribution in [2.24, 2.45) is 0 Å². The summed E-state index contributed by atoms with van der Waals surface area (Å²) in [7, 11) is 0. The van der Waals surface area contributed by atoms with Crippen LogP contribution in [0, 0.1) is 5.82 Å². The number of ether oxygens (including phenoxy) is 2. The van der Waals surface area contributed by atoms with Crippen molar-refractivity contribution in [1.29, 1.82) is 0 Å². The molecule has 1 fully saturated rings. The Labute approximate surface area is 219 Å². The summed E-state index contributed by atoms with van der Waals surface area (Å²) in [5.41, 5.74) is 3.42. The standard InChI is InChI=1S/C29H27FN4O4/c1-20(28(35)31-23-11-13-24(14-12-23)33-15-17-37-18-16-33)38-29(36)26-19-34(25-5-3-2-4-6-25)32-27(26)21-7-9-22(30)10-8-21/h2-14,19-20H,15-18H2,1H3,(H,31,35). The molecule has 1 N–H and O–H groups in total. The number of hydrogen-bond donors (Lipinski definition) is 1. The Bertz CT molecular complexity index is 1400. The van der Waals surface area contributed by atoms with Crippen LogP contribution in [-0.4, -0.2) is 54.1 Å². The van der Waals surface area contributed by atoms with Crippen molar-refractivity contribution in [3.8, 4) is 16.9 Å². The van der Waals surface area contributed by atoms with E-state index in [9.17, 15) is 14.0 Å². The number of anilines is 2. The maximum atomic E-state index is 13.5. The molecule has 38 heavy (non-hydrogen) atoms. The summed E-state index contributed by atoms with van der Waals surface area (Å²) in [4.78, 5) is 28.2. The zero-order valence-corrected chi connectivity index (χ0v) is 20.8. The molecule has 0 spiro atoms.